The fourth-order valence-corrected chi connectivity index (χ4v) is 3.05. The van der Waals surface area contributed by atoms with E-state index in [4.69, 9.17) is 4.74 Å². The fraction of sp³-hybridized carbons (Fsp3) is 0.600. The molecule has 2 heterocycles. The van der Waals surface area contributed by atoms with Crippen molar-refractivity contribution in [3.8, 4) is 0 Å². The third kappa shape index (κ3) is 4.46. The van der Waals surface area contributed by atoms with Gasteiger partial charge < -0.3 is 15.0 Å². The van der Waals surface area contributed by atoms with E-state index >= 15 is 0 Å². The lowest BCUT2D eigenvalue weighted by molar-refractivity contribution is 0.0502. The summed E-state index contributed by atoms with van der Waals surface area (Å²) in [6.07, 6.45) is 1.45. The summed E-state index contributed by atoms with van der Waals surface area (Å²) in [6, 6.07) is 3.76. The van der Waals surface area contributed by atoms with E-state index in [9.17, 15) is 9.59 Å². The Hall–Kier alpha value is -1.56. The molecule has 1 aromatic rings. The number of thiophene rings is 1. The molecule has 116 valence electrons. The van der Waals surface area contributed by atoms with Gasteiger partial charge in [0.15, 0.2) is 0 Å². The second kappa shape index (κ2) is 6.47. The molecule has 0 spiro atoms. The number of nitrogens with zero attached hydrogens (tertiary/aromatic N) is 1. The molecule has 0 aliphatic carbocycles. The molecule has 1 aromatic heterocycles. The van der Waals surface area contributed by atoms with Crippen LogP contribution in [0.4, 0.5) is 4.79 Å². The highest BCUT2D eigenvalue weighted by Gasteiger charge is 2.30. The van der Waals surface area contributed by atoms with Crippen LogP contribution in [0, 0.1) is 0 Å². The van der Waals surface area contributed by atoms with E-state index in [0.29, 0.717) is 6.54 Å². The Labute approximate surface area is 129 Å². The molecule has 1 aliphatic heterocycles. The van der Waals surface area contributed by atoms with Crippen LogP contribution >= 0.6 is 11.3 Å². The van der Waals surface area contributed by atoms with E-state index in [2.05, 4.69) is 5.32 Å². The highest BCUT2D eigenvalue weighted by molar-refractivity contribution is 7.12. The number of amides is 2. The maximum absolute atomic E-state index is 12.4. The lowest BCUT2D eigenvalue weighted by atomic mass is 10.2. The molecular weight excluding hydrogens is 288 g/mol. The van der Waals surface area contributed by atoms with E-state index in [1.165, 1.54) is 11.3 Å². The topological polar surface area (TPSA) is 58.6 Å². The Morgan fingerprint density at radius 2 is 2.24 bits per heavy atom. The van der Waals surface area contributed by atoms with Gasteiger partial charge in [-0.15, -0.1) is 11.3 Å². The molecule has 0 saturated carbocycles. The normalized spacial score (nSPS) is 18.6. The summed E-state index contributed by atoms with van der Waals surface area (Å²) in [6.45, 7) is 6.67. The Morgan fingerprint density at radius 1 is 1.48 bits per heavy atom. The first kappa shape index (κ1) is 15.8. The molecule has 0 radical (unpaired) electrons. The molecule has 1 fully saturated rings. The van der Waals surface area contributed by atoms with E-state index in [-0.39, 0.29) is 11.9 Å². The van der Waals surface area contributed by atoms with Crippen molar-refractivity contribution in [2.75, 3.05) is 13.1 Å². The van der Waals surface area contributed by atoms with Gasteiger partial charge >= 0.3 is 6.09 Å². The molecule has 2 rings (SSSR count). The van der Waals surface area contributed by atoms with Crippen molar-refractivity contribution in [2.24, 2.45) is 0 Å². The molecule has 0 unspecified atom stereocenters. The van der Waals surface area contributed by atoms with Crippen LogP contribution in [0.1, 0.15) is 43.3 Å². The summed E-state index contributed by atoms with van der Waals surface area (Å²) in [4.78, 5) is 26.7. The molecule has 1 saturated heterocycles. The summed E-state index contributed by atoms with van der Waals surface area (Å²) >= 11 is 1.45. The molecule has 6 heteroatoms. The minimum Gasteiger partial charge on any atom is -0.444 e. The predicted octanol–water partition coefficient (Wildman–Crippen LogP) is 2.88. The average Bonchev–Trinajstić information content (AvgIpc) is 3.05. The SMILES string of the molecule is CC(C)(C)OC(=O)NC[C@H]1CCCN1C(=O)c1cccs1. The molecule has 1 atom stereocenters. The number of alkyl carbamates (subject to hydrolysis) is 1. The summed E-state index contributed by atoms with van der Waals surface area (Å²) in [5.41, 5.74) is -0.508. The number of carbonyl (C=O) groups excluding carboxylic acids is 2. The molecule has 2 amide bonds. The molecular formula is C15H22N2O3S. The van der Waals surface area contributed by atoms with Crippen LogP contribution in [0.2, 0.25) is 0 Å². The number of carbonyl (C=O) groups is 2. The van der Waals surface area contributed by atoms with Crippen molar-refractivity contribution in [3.05, 3.63) is 22.4 Å². The molecule has 1 N–H and O–H groups in total. The Morgan fingerprint density at radius 3 is 2.86 bits per heavy atom. The zero-order valence-corrected chi connectivity index (χ0v) is 13.5. The van der Waals surface area contributed by atoms with Crippen molar-refractivity contribution in [2.45, 2.75) is 45.3 Å². The van der Waals surface area contributed by atoms with Gasteiger partial charge in [-0.1, -0.05) is 6.07 Å². The van der Waals surface area contributed by atoms with Crippen LogP contribution in [0.15, 0.2) is 17.5 Å². The number of hydrogen-bond acceptors (Lipinski definition) is 4. The molecule has 1 aliphatic rings. The van der Waals surface area contributed by atoms with Crippen molar-refractivity contribution in [1.29, 1.82) is 0 Å². The van der Waals surface area contributed by atoms with Crippen molar-refractivity contribution < 1.29 is 14.3 Å². The number of likely N-dealkylation sites (tertiary alicyclic amines) is 1. The van der Waals surface area contributed by atoms with Gasteiger partial charge in [-0.3, -0.25) is 4.79 Å². The maximum atomic E-state index is 12.4. The van der Waals surface area contributed by atoms with Crippen LogP contribution in [0.3, 0.4) is 0 Å². The summed E-state index contributed by atoms with van der Waals surface area (Å²) in [7, 11) is 0. The Balaban J connectivity index is 1.88. The van der Waals surface area contributed by atoms with Crippen LogP contribution in [-0.4, -0.2) is 41.6 Å². The largest absolute Gasteiger partial charge is 0.444 e. The second-order valence-electron chi connectivity index (χ2n) is 6.15. The van der Waals surface area contributed by atoms with E-state index in [0.717, 1.165) is 24.3 Å². The fourth-order valence-electron chi connectivity index (χ4n) is 2.37. The number of ether oxygens (including phenoxy) is 1. The smallest absolute Gasteiger partial charge is 0.407 e. The molecule has 0 aromatic carbocycles. The van der Waals surface area contributed by atoms with Crippen molar-refractivity contribution in [3.63, 3.8) is 0 Å². The monoisotopic (exact) mass is 310 g/mol. The van der Waals surface area contributed by atoms with Gasteiger partial charge in [0.1, 0.15) is 5.60 Å². The van der Waals surface area contributed by atoms with Gasteiger partial charge in [-0.25, -0.2) is 4.79 Å². The van der Waals surface area contributed by atoms with Gasteiger partial charge in [0.05, 0.1) is 4.88 Å². The summed E-state index contributed by atoms with van der Waals surface area (Å²) < 4.78 is 5.21. The van der Waals surface area contributed by atoms with Gasteiger partial charge in [-0.2, -0.15) is 0 Å². The Kier molecular flexibility index (Phi) is 4.88. The van der Waals surface area contributed by atoms with Gasteiger partial charge in [-0.05, 0) is 45.1 Å². The highest BCUT2D eigenvalue weighted by atomic mass is 32.1. The van der Waals surface area contributed by atoms with Gasteiger partial charge in [0.2, 0.25) is 0 Å². The summed E-state index contributed by atoms with van der Waals surface area (Å²) in [5.74, 6) is 0.0542. The molecule has 0 bridgehead atoms. The zero-order valence-electron chi connectivity index (χ0n) is 12.7. The minimum atomic E-state index is -0.508. The van der Waals surface area contributed by atoms with E-state index in [1.807, 2.05) is 43.2 Å². The first-order valence-electron chi connectivity index (χ1n) is 7.18. The van der Waals surface area contributed by atoms with Crippen LogP contribution in [0.5, 0.6) is 0 Å². The number of hydrogen-bond donors (Lipinski definition) is 1. The minimum absolute atomic E-state index is 0.0483. The maximum Gasteiger partial charge on any atom is 0.407 e. The second-order valence-corrected chi connectivity index (χ2v) is 7.10. The number of nitrogens with one attached hydrogen (secondary N) is 1. The van der Waals surface area contributed by atoms with E-state index in [1.54, 1.807) is 0 Å². The van der Waals surface area contributed by atoms with Gasteiger partial charge in [0, 0.05) is 19.1 Å². The van der Waals surface area contributed by atoms with Crippen LogP contribution in [0.25, 0.3) is 0 Å². The van der Waals surface area contributed by atoms with Crippen LogP contribution in [-0.2, 0) is 4.74 Å². The number of rotatable bonds is 3. The lowest BCUT2D eigenvalue weighted by Crippen LogP contribution is -2.44. The predicted molar refractivity (Wildman–Crippen MR) is 82.6 cm³/mol. The third-order valence-corrected chi connectivity index (χ3v) is 4.11. The zero-order chi connectivity index (χ0) is 15.5. The Bertz CT molecular complexity index is 494. The van der Waals surface area contributed by atoms with E-state index < -0.39 is 11.7 Å². The standard InChI is InChI=1S/C15H22N2O3S/c1-15(2,3)20-14(19)16-10-11-6-4-8-17(11)13(18)12-7-5-9-21-12/h5,7,9,11H,4,6,8,10H2,1-3H3,(H,16,19)/t11-/m1/s1. The van der Waals surface area contributed by atoms with Crippen molar-refractivity contribution >= 4 is 23.3 Å². The highest BCUT2D eigenvalue weighted by Crippen LogP contribution is 2.21. The summed E-state index contributed by atoms with van der Waals surface area (Å²) in [5, 5.41) is 4.66. The molecule has 5 nitrogen and oxygen atoms in total. The van der Waals surface area contributed by atoms with Crippen molar-refractivity contribution in [1.82, 2.24) is 10.2 Å². The average molecular weight is 310 g/mol. The third-order valence-electron chi connectivity index (χ3n) is 3.25. The lowest BCUT2D eigenvalue weighted by Gasteiger charge is -2.25. The molecule has 21 heavy (non-hydrogen) atoms. The van der Waals surface area contributed by atoms with Gasteiger partial charge in [0.25, 0.3) is 5.91 Å². The quantitative estimate of drug-likeness (QED) is 0.934. The first-order valence-corrected chi connectivity index (χ1v) is 8.06. The van der Waals surface area contributed by atoms with Crippen LogP contribution < -0.4 is 5.32 Å². The first-order chi connectivity index (χ1) is 9.87.